The lowest BCUT2D eigenvalue weighted by molar-refractivity contribution is -0.0299. The largest absolute Gasteiger partial charge is 0.391 e. The summed E-state index contributed by atoms with van der Waals surface area (Å²) in [5.74, 6) is 0. The van der Waals surface area contributed by atoms with Crippen molar-refractivity contribution in [3.05, 3.63) is 0 Å². The standard InChI is InChI=1S/C14H29NO/c1-4-7-10-13(16)14(11-8-9-12-14)15(5-2)6-3/h13,16H,4-12H2,1-3H3. The van der Waals surface area contributed by atoms with Crippen molar-refractivity contribution in [2.45, 2.75) is 77.4 Å². The lowest BCUT2D eigenvalue weighted by Gasteiger charge is -2.44. The Morgan fingerprint density at radius 1 is 1.12 bits per heavy atom. The minimum Gasteiger partial charge on any atom is -0.391 e. The predicted octanol–water partition coefficient (Wildman–Crippen LogP) is 3.19. The van der Waals surface area contributed by atoms with Gasteiger partial charge in [0, 0.05) is 5.54 Å². The quantitative estimate of drug-likeness (QED) is 0.722. The number of aliphatic hydroxyl groups is 1. The molecule has 0 bridgehead atoms. The first kappa shape index (κ1) is 14.0. The second-order valence-corrected chi connectivity index (χ2v) is 5.14. The van der Waals surface area contributed by atoms with Gasteiger partial charge in [-0.1, -0.05) is 46.5 Å². The second-order valence-electron chi connectivity index (χ2n) is 5.14. The molecular formula is C14H29NO. The van der Waals surface area contributed by atoms with Crippen LogP contribution in [0.15, 0.2) is 0 Å². The summed E-state index contributed by atoms with van der Waals surface area (Å²) in [6.45, 7) is 8.77. The highest BCUT2D eigenvalue weighted by Crippen LogP contribution is 2.39. The molecule has 16 heavy (non-hydrogen) atoms. The molecule has 96 valence electrons. The molecule has 0 aliphatic heterocycles. The molecule has 1 aliphatic carbocycles. The van der Waals surface area contributed by atoms with E-state index in [-0.39, 0.29) is 11.6 Å². The average Bonchev–Trinajstić information content (AvgIpc) is 2.78. The Morgan fingerprint density at radius 3 is 2.12 bits per heavy atom. The van der Waals surface area contributed by atoms with Gasteiger partial charge in [-0.3, -0.25) is 4.90 Å². The number of rotatable bonds is 7. The molecule has 1 fully saturated rings. The third-order valence-corrected chi connectivity index (χ3v) is 4.31. The number of hydrogen-bond donors (Lipinski definition) is 1. The van der Waals surface area contributed by atoms with Crippen molar-refractivity contribution in [2.75, 3.05) is 13.1 Å². The van der Waals surface area contributed by atoms with Crippen molar-refractivity contribution in [3.63, 3.8) is 0 Å². The summed E-state index contributed by atoms with van der Waals surface area (Å²) in [4.78, 5) is 2.50. The highest BCUT2D eigenvalue weighted by Gasteiger charge is 2.43. The molecule has 0 heterocycles. The number of aliphatic hydroxyl groups excluding tert-OH is 1. The lowest BCUT2D eigenvalue weighted by Crippen LogP contribution is -2.54. The fraction of sp³-hybridized carbons (Fsp3) is 1.00. The zero-order valence-corrected chi connectivity index (χ0v) is 11.3. The third kappa shape index (κ3) is 2.78. The van der Waals surface area contributed by atoms with Crippen LogP contribution in [-0.2, 0) is 0 Å². The van der Waals surface area contributed by atoms with Gasteiger partial charge in [-0.2, -0.15) is 0 Å². The van der Waals surface area contributed by atoms with Crippen molar-refractivity contribution < 1.29 is 5.11 Å². The number of likely N-dealkylation sites (N-methyl/N-ethyl adjacent to an activating group) is 1. The molecule has 1 N–H and O–H groups in total. The Balaban J connectivity index is 2.70. The Labute approximate surface area is 101 Å². The molecule has 1 atom stereocenters. The number of hydrogen-bond acceptors (Lipinski definition) is 2. The van der Waals surface area contributed by atoms with Crippen LogP contribution in [0.3, 0.4) is 0 Å². The van der Waals surface area contributed by atoms with Gasteiger partial charge in [-0.25, -0.2) is 0 Å². The zero-order chi connectivity index (χ0) is 12.0. The first-order valence-electron chi connectivity index (χ1n) is 7.14. The van der Waals surface area contributed by atoms with E-state index in [1.54, 1.807) is 0 Å². The maximum Gasteiger partial charge on any atom is 0.0723 e. The van der Waals surface area contributed by atoms with E-state index in [1.807, 2.05) is 0 Å². The average molecular weight is 227 g/mol. The van der Waals surface area contributed by atoms with Gasteiger partial charge in [-0.05, 0) is 32.4 Å². The molecule has 1 rings (SSSR count). The van der Waals surface area contributed by atoms with Crippen LogP contribution in [0.25, 0.3) is 0 Å². The van der Waals surface area contributed by atoms with Crippen LogP contribution in [0, 0.1) is 0 Å². The monoisotopic (exact) mass is 227 g/mol. The van der Waals surface area contributed by atoms with Crippen molar-refractivity contribution in [1.29, 1.82) is 0 Å². The maximum atomic E-state index is 10.5. The van der Waals surface area contributed by atoms with Crippen molar-refractivity contribution in [1.82, 2.24) is 4.90 Å². The van der Waals surface area contributed by atoms with Crippen LogP contribution in [0.1, 0.15) is 65.7 Å². The van der Waals surface area contributed by atoms with Crippen LogP contribution in [0.5, 0.6) is 0 Å². The number of nitrogens with zero attached hydrogens (tertiary/aromatic N) is 1. The molecule has 0 radical (unpaired) electrons. The molecular weight excluding hydrogens is 198 g/mol. The molecule has 1 saturated carbocycles. The normalized spacial score (nSPS) is 21.6. The molecule has 0 amide bonds. The Kier molecular flexibility index (Phi) is 5.77. The van der Waals surface area contributed by atoms with E-state index < -0.39 is 0 Å². The minimum absolute atomic E-state index is 0.110. The molecule has 0 aromatic carbocycles. The van der Waals surface area contributed by atoms with Crippen LogP contribution in [0.2, 0.25) is 0 Å². The van der Waals surface area contributed by atoms with Gasteiger partial charge in [0.25, 0.3) is 0 Å². The Bertz CT molecular complexity index is 183. The van der Waals surface area contributed by atoms with Gasteiger partial charge in [0.2, 0.25) is 0 Å². The Morgan fingerprint density at radius 2 is 1.69 bits per heavy atom. The molecule has 0 aromatic heterocycles. The van der Waals surface area contributed by atoms with E-state index in [2.05, 4.69) is 25.7 Å². The SMILES string of the molecule is CCCCC(O)C1(N(CC)CC)CCCC1. The van der Waals surface area contributed by atoms with Crippen LogP contribution in [0.4, 0.5) is 0 Å². The highest BCUT2D eigenvalue weighted by atomic mass is 16.3. The van der Waals surface area contributed by atoms with Gasteiger partial charge >= 0.3 is 0 Å². The molecule has 1 aliphatic rings. The summed E-state index contributed by atoms with van der Waals surface area (Å²) >= 11 is 0. The van der Waals surface area contributed by atoms with Gasteiger partial charge in [0.1, 0.15) is 0 Å². The predicted molar refractivity (Wildman–Crippen MR) is 69.7 cm³/mol. The van der Waals surface area contributed by atoms with Crippen molar-refractivity contribution in [2.24, 2.45) is 0 Å². The molecule has 0 spiro atoms. The topological polar surface area (TPSA) is 23.5 Å². The van der Waals surface area contributed by atoms with Crippen molar-refractivity contribution in [3.8, 4) is 0 Å². The molecule has 0 aromatic rings. The molecule has 1 unspecified atom stereocenters. The zero-order valence-electron chi connectivity index (χ0n) is 11.3. The maximum absolute atomic E-state index is 10.5. The summed E-state index contributed by atoms with van der Waals surface area (Å²) in [5.41, 5.74) is 0.110. The fourth-order valence-corrected chi connectivity index (χ4v) is 3.37. The molecule has 0 saturated heterocycles. The molecule has 2 heteroatoms. The summed E-state index contributed by atoms with van der Waals surface area (Å²) in [5, 5.41) is 10.5. The van der Waals surface area contributed by atoms with Crippen LogP contribution < -0.4 is 0 Å². The van der Waals surface area contributed by atoms with Gasteiger partial charge in [0.05, 0.1) is 6.10 Å². The summed E-state index contributed by atoms with van der Waals surface area (Å²) < 4.78 is 0. The van der Waals surface area contributed by atoms with E-state index in [0.717, 1.165) is 25.9 Å². The van der Waals surface area contributed by atoms with E-state index in [9.17, 15) is 5.11 Å². The third-order valence-electron chi connectivity index (χ3n) is 4.31. The van der Waals surface area contributed by atoms with E-state index in [0.29, 0.717) is 0 Å². The minimum atomic E-state index is -0.116. The van der Waals surface area contributed by atoms with E-state index >= 15 is 0 Å². The summed E-state index contributed by atoms with van der Waals surface area (Å²) in [6, 6.07) is 0. The summed E-state index contributed by atoms with van der Waals surface area (Å²) in [6.07, 6.45) is 8.18. The van der Waals surface area contributed by atoms with Crippen LogP contribution in [-0.4, -0.2) is 34.7 Å². The molecule has 2 nitrogen and oxygen atoms in total. The smallest absolute Gasteiger partial charge is 0.0723 e. The summed E-state index contributed by atoms with van der Waals surface area (Å²) in [7, 11) is 0. The van der Waals surface area contributed by atoms with Gasteiger partial charge in [0.15, 0.2) is 0 Å². The number of unbranched alkanes of at least 4 members (excludes halogenated alkanes) is 1. The second kappa shape index (κ2) is 6.61. The lowest BCUT2D eigenvalue weighted by atomic mass is 9.85. The van der Waals surface area contributed by atoms with E-state index in [4.69, 9.17) is 0 Å². The highest BCUT2D eigenvalue weighted by molar-refractivity contribution is 4.99. The Hall–Kier alpha value is -0.0800. The van der Waals surface area contributed by atoms with Crippen molar-refractivity contribution >= 4 is 0 Å². The van der Waals surface area contributed by atoms with E-state index in [1.165, 1.54) is 32.1 Å². The van der Waals surface area contributed by atoms with Gasteiger partial charge in [-0.15, -0.1) is 0 Å². The van der Waals surface area contributed by atoms with Gasteiger partial charge < -0.3 is 5.11 Å². The fourth-order valence-electron chi connectivity index (χ4n) is 3.37. The first-order chi connectivity index (χ1) is 7.71. The van der Waals surface area contributed by atoms with Crippen LogP contribution >= 0.6 is 0 Å². The first-order valence-corrected chi connectivity index (χ1v) is 7.14.